The van der Waals surface area contributed by atoms with Crippen molar-refractivity contribution >= 4 is 10.8 Å². The van der Waals surface area contributed by atoms with Gasteiger partial charge in [-0.05, 0) is 23.5 Å². The van der Waals surface area contributed by atoms with Gasteiger partial charge in [-0.15, -0.1) is 0 Å². The molecule has 0 fully saturated rings. The minimum atomic E-state index is 0.450. The highest BCUT2D eigenvalue weighted by Crippen LogP contribution is 2.28. The molecule has 0 aromatic carbocycles. The van der Waals surface area contributed by atoms with Crippen LogP contribution in [0.2, 0.25) is 0 Å². The predicted octanol–water partition coefficient (Wildman–Crippen LogP) is 3.88. The van der Waals surface area contributed by atoms with Crippen LogP contribution in [-0.4, -0.2) is 9.97 Å². The van der Waals surface area contributed by atoms with Gasteiger partial charge in [-0.3, -0.25) is 9.97 Å². The van der Waals surface area contributed by atoms with E-state index in [1.807, 2.05) is 18.6 Å². The lowest BCUT2D eigenvalue weighted by Gasteiger charge is -2.14. The Morgan fingerprint density at radius 2 is 1.69 bits per heavy atom. The summed E-state index contributed by atoms with van der Waals surface area (Å²) in [5, 5.41) is 2.49. The van der Waals surface area contributed by atoms with Crippen LogP contribution in [0.15, 0.2) is 24.7 Å². The second-order valence-corrected chi connectivity index (χ2v) is 4.83. The Balaban J connectivity index is 2.77. The molecule has 2 nitrogen and oxygen atoms in total. The third kappa shape index (κ3) is 1.80. The monoisotopic (exact) mass is 214 g/mol. The predicted molar refractivity (Wildman–Crippen MR) is 67.7 cm³/mol. The van der Waals surface area contributed by atoms with E-state index in [1.54, 1.807) is 0 Å². The Kier molecular flexibility index (Phi) is 2.90. The number of nitrogens with zero attached hydrogens (tertiary/aromatic N) is 2. The van der Waals surface area contributed by atoms with Gasteiger partial charge >= 0.3 is 0 Å². The van der Waals surface area contributed by atoms with Gasteiger partial charge in [0, 0.05) is 29.4 Å². The molecule has 0 unspecified atom stereocenters. The fourth-order valence-electron chi connectivity index (χ4n) is 2.05. The molecule has 0 radical (unpaired) electrons. The van der Waals surface area contributed by atoms with Gasteiger partial charge in [-0.2, -0.15) is 0 Å². The second-order valence-electron chi connectivity index (χ2n) is 4.83. The van der Waals surface area contributed by atoms with E-state index in [0.717, 1.165) is 0 Å². The van der Waals surface area contributed by atoms with Crippen molar-refractivity contribution in [2.24, 2.45) is 0 Å². The average molecular weight is 214 g/mol. The summed E-state index contributed by atoms with van der Waals surface area (Å²) in [6.07, 6.45) is 5.81. The zero-order valence-corrected chi connectivity index (χ0v) is 10.4. The molecule has 0 amide bonds. The Labute approximate surface area is 96.7 Å². The van der Waals surface area contributed by atoms with Gasteiger partial charge in [-0.1, -0.05) is 27.7 Å². The van der Waals surface area contributed by atoms with Crippen LogP contribution < -0.4 is 0 Å². The highest BCUT2D eigenvalue weighted by molar-refractivity contribution is 5.87. The largest absolute Gasteiger partial charge is 0.264 e. The first-order chi connectivity index (χ1) is 7.61. The first-order valence-electron chi connectivity index (χ1n) is 5.83. The molecule has 2 aromatic heterocycles. The molecule has 2 heterocycles. The number of aromatic nitrogens is 2. The maximum absolute atomic E-state index is 4.60. The fraction of sp³-hybridized carbons (Fsp3) is 0.429. The standard InChI is InChI=1S/C14H18N2/c1-9(2)12-8-16-14(10(3)4)11-5-6-15-7-13(11)12/h5-10H,1-4H3. The molecular weight excluding hydrogens is 196 g/mol. The quantitative estimate of drug-likeness (QED) is 0.758. The van der Waals surface area contributed by atoms with Gasteiger partial charge in [0.25, 0.3) is 0 Å². The molecule has 0 spiro atoms. The summed E-state index contributed by atoms with van der Waals surface area (Å²) in [4.78, 5) is 8.83. The average Bonchev–Trinajstić information content (AvgIpc) is 2.27. The van der Waals surface area contributed by atoms with E-state index in [9.17, 15) is 0 Å². The highest BCUT2D eigenvalue weighted by atomic mass is 14.7. The molecule has 0 N–H and O–H groups in total. The fourth-order valence-corrected chi connectivity index (χ4v) is 2.05. The van der Waals surface area contributed by atoms with Crippen LogP contribution in [0.4, 0.5) is 0 Å². The Bertz CT molecular complexity index is 455. The van der Waals surface area contributed by atoms with E-state index < -0.39 is 0 Å². The minimum absolute atomic E-state index is 0.450. The number of hydrogen-bond acceptors (Lipinski definition) is 2. The normalized spacial score (nSPS) is 11.6. The van der Waals surface area contributed by atoms with E-state index in [-0.39, 0.29) is 0 Å². The van der Waals surface area contributed by atoms with Crippen molar-refractivity contribution in [3.8, 4) is 0 Å². The van der Waals surface area contributed by atoms with E-state index in [2.05, 4.69) is 43.7 Å². The summed E-state index contributed by atoms with van der Waals surface area (Å²) < 4.78 is 0. The Morgan fingerprint density at radius 3 is 2.31 bits per heavy atom. The third-order valence-corrected chi connectivity index (χ3v) is 2.92. The lowest BCUT2D eigenvalue weighted by atomic mass is 9.96. The van der Waals surface area contributed by atoms with Gasteiger partial charge in [0.1, 0.15) is 0 Å². The van der Waals surface area contributed by atoms with Crippen LogP contribution in [0.1, 0.15) is 50.8 Å². The smallest absolute Gasteiger partial charge is 0.0508 e. The number of hydrogen-bond donors (Lipinski definition) is 0. The van der Waals surface area contributed by atoms with E-state index >= 15 is 0 Å². The van der Waals surface area contributed by atoms with Crippen molar-refractivity contribution in [1.82, 2.24) is 9.97 Å². The van der Waals surface area contributed by atoms with Crippen molar-refractivity contribution in [3.05, 3.63) is 35.9 Å². The molecule has 84 valence electrons. The first-order valence-corrected chi connectivity index (χ1v) is 5.83. The Hall–Kier alpha value is -1.44. The molecule has 2 heteroatoms. The molecule has 0 bridgehead atoms. The van der Waals surface area contributed by atoms with Crippen molar-refractivity contribution in [2.75, 3.05) is 0 Å². The summed E-state index contributed by atoms with van der Waals surface area (Å²) in [7, 11) is 0. The van der Waals surface area contributed by atoms with Crippen LogP contribution >= 0.6 is 0 Å². The zero-order valence-electron chi connectivity index (χ0n) is 10.4. The van der Waals surface area contributed by atoms with Gasteiger partial charge in [0.15, 0.2) is 0 Å². The van der Waals surface area contributed by atoms with Crippen LogP contribution in [-0.2, 0) is 0 Å². The molecule has 0 aliphatic carbocycles. The third-order valence-electron chi connectivity index (χ3n) is 2.92. The van der Waals surface area contributed by atoms with Gasteiger partial charge in [0.2, 0.25) is 0 Å². The number of pyridine rings is 2. The molecule has 0 atom stereocenters. The van der Waals surface area contributed by atoms with Gasteiger partial charge in [-0.25, -0.2) is 0 Å². The lowest BCUT2D eigenvalue weighted by Crippen LogP contribution is -1.99. The second kappa shape index (κ2) is 4.20. The summed E-state index contributed by atoms with van der Waals surface area (Å²) in [6, 6.07) is 2.07. The minimum Gasteiger partial charge on any atom is -0.264 e. The molecule has 2 aromatic rings. The van der Waals surface area contributed by atoms with Crippen molar-refractivity contribution < 1.29 is 0 Å². The molecule has 2 rings (SSSR count). The zero-order chi connectivity index (χ0) is 11.7. The van der Waals surface area contributed by atoms with Gasteiger partial charge < -0.3 is 0 Å². The maximum atomic E-state index is 4.60. The van der Waals surface area contributed by atoms with Crippen molar-refractivity contribution in [2.45, 2.75) is 39.5 Å². The highest BCUT2D eigenvalue weighted by Gasteiger charge is 2.11. The lowest BCUT2D eigenvalue weighted by molar-refractivity contribution is 0.818. The summed E-state index contributed by atoms with van der Waals surface area (Å²) in [6.45, 7) is 8.74. The van der Waals surface area contributed by atoms with E-state index in [4.69, 9.17) is 0 Å². The summed E-state index contributed by atoms with van der Waals surface area (Å²) in [5.74, 6) is 0.937. The van der Waals surface area contributed by atoms with Crippen LogP contribution in [0.5, 0.6) is 0 Å². The molecule has 0 aliphatic rings. The van der Waals surface area contributed by atoms with Crippen LogP contribution in [0.25, 0.3) is 10.8 Å². The molecular formula is C14H18N2. The molecule has 0 aliphatic heterocycles. The van der Waals surface area contributed by atoms with Crippen molar-refractivity contribution in [3.63, 3.8) is 0 Å². The Morgan fingerprint density at radius 1 is 0.938 bits per heavy atom. The SMILES string of the molecule is CC(C)c1cnc(C(C)C)c2ccncc12. The van der Waals surface area contributed by atoms with Crippen LogP contribution in [0.3, 0.4) is 0 Å². The van der Waals surface area contributed by atoms with E-state index in [0.29, 0.717) is 11.8 Å². The molecule has 16 heavy (non-hydrogen) atoms. The maximum Gasteiger partial charge on any atom is 0.0508 e. The topological polar surface area (TPSA) is 25.8 Å². The number of fused-ring (bicyclic) bond motifs is 1. The summed E-state index contributed by atoms with van der Waals surface area (Å²) >= 11 is 0. The summed E-state index contributed by atoms with van der Waals surface area (Å²) in [5.41, 5.74) is 2.45. The van der Waals surface area contributed by atoms with Crippen LogP contribution in [0, 0.1) is 0 Å². The number of rotatable bonds is 2. The van der Waals surface area contributed by atoms with Crippen molar-refractivity contribution in [1.29, 1.82) is 0 Å². The van der Waals surface area contributed by atoms with E-state index in [1.165, 1.54) is 22.0 Å². The molecule has 0 saturated heterocycles. The van der Waals surface area contributed by atoms with Gasteiger partial charge in [0.05, 0.1) is 5.69 Å². The molecule has 0 saturated carbocycles. The first kappa shape index (κ1) is 11.1.